The molecule has 0 aliphatic carbocycles. The quantitative estimate of drug-likeness (QED) is 0.732. The molecule has 2 N–H and O–H groups in total. The van der Waals surface area contributed by atoms with Crippen LogP contribution in [0.3, 0.4) is 0 Å². The van der Waals surface area contributed by atoms with Gasteiger partial charge in [0.1, 0.15) is 5.75 Å². The average molecular weight is 171 g/mol. The van der Waals surface area contributed by atoms with Crippen LogP contribution in [0, 0.1) is 6.07 Å². The molecule has 0 atom stereocenters. The highest BCUT2D eigenvalue weighted by Gasteiger charge is 1.97. The Morgan fingerprint density at radius 3 is 2.91 bits per heavy atom. The molecular formula is C8H9ClNO. The predicted molar refractivity (Wildman–Crippen MR) is 44.7 cm³/mol. The number of rotatable bonds is 2. The van der Waals surface area contributed by atoms with E-state index in [1.54, 1.807) is 13.2 Å². The van der Waals surface area contributed by atoms with E-state index in [4.69, 9.17) is 22.1 Å². The lowest BCUT2D eigenvalue weighted by Gasteiger charge is -2.02. The van der Waals surface area contributed by atoms with Gasteiger partial charge >= 0.3 is 0 Å². The molecule has 1 aromatic rings. The molecule has 11 heavy (non-hydrogen) atoms. The van der Waals surface area contributed by atoms with Gasteiger partial charge in [-0.05, 0) is 17.7 Å². The fraction of sp³-hybridized carbons (Fsp3) is 0.250. The van der Waals surface area contributed by atoms with E-state index in [1.807, 2.05) is 6.07 Å². The summed E-state index contributed by atoms with van der Waals surface area (Å²) in [6.45, 7) is 0.428. The maximum atomic E-state index is 5.72. The third-order valence-corrected chi connectivity index (χ3v) is 1.52. The van der Waals surface area contributed by atoms with Crippen molar-refractivity contribution in [1.82, 2.24) is 0 Å². The van der Waals surface area contributed by atoms with Gasteiger partial charge in [0, 0.05) is 12.6 Å². The Bertz CT molecular complexity index is 228. The smallest absolute Gasteiger partial charge is 0.120 e. The van der Waals surface area contributed by atoms with Crippen LogP contribution in [0.15, 0.2) is 12.1 Å². The second kappa shape index (κ2) is 3.60. The highest BCUT2D eigenvalue weighted by atomic mass is 35.5. The van der Waals surface area contributed by atoms with Crippen LogP contribution < -0.4 is 10.5 Å². The van der Waals surface area contributed by atoms with Crippen molar-refractivity contribution >= 4 is 11.6 Å². The summed E-state index contributed by atoms with van der Waals surface area (Å²) in [5.41, 5.74) is 6.25. The molecule has 0 saturated heterocycles. The van der Waals surface area contributed by atoms with Crippen LogP contribution in [-0.2, 0) is 6.54 Å². The summed E-state index contributed by atoms with van der Waals surface area (Å²) in [6, 6.07) is 6.40. The molecule has 0 aliphatic rings. The maximum Gasteiger partial charge on any atom is 0.120 e. The van der Waals surface area contributed by atoms with E-state index >= 15 is 0 Å². The zero-order valence-corrected chi connectivity index (χ0v) is 6.98. The number of ether oxygens (including phenoxy) is 1. The molecule has 0 bridgehead atoms. The van der Waals surface area contributed by atoms with E-state index in [0.717, 1.165) is 5.56 Å². The number of hydrogen-bond donors (Lipinski definition) is 1. The molecule has 59 valence electrons. The lowest BCUT2D eigenvalue weighted by Crippen LogP contribution is -1.96. The van der Waals surface area contributed by atoms with Crippen molar-refractivity contribution in [1.29, 1.82) is 0 Å². The first-order chi connectivity index (χ1) is 5.26. The van der Waals surface area contributed by atoms with Gasteiger partial charge in [-0.1, -0.05) is 11.6 Å². The van der Waals surface area contributed by atoms with E-state index in [2.05, 4.69) is 6.07 Å². The third kappa shape index (κ3) is 2.10. The molecule has 0 fully saturated rings. The van der Waals surface area contributed by atoms with Gasteiger partial charge in [0.25, 0.3) is 0 Å². The van der Waals surface area contributed by atoms with E-state index < -0.39 is 0 Å². The summed E-state index contributed by atoms with van der Waals surface area (Å²) in [5, 5.41) is 0.532. The van der Waals surface area contributed by atoms with Gasteiger partial charge in [0.15, 0.2) is 0 Å². The molecule has 1 rings (SSSR count). The lowest BCUT2D eigenvalue weighted by molar-refractivity contribution is 0.414. The van der Waals surface area contributed by atoms with Crippen LogP contribution in [0.2, 0.25) is 5.02 Å². The Kier molecular flexibility index (Phi) is 2.74. The Labute approximate surface area is 70.9 Å². The van der Waals surface area contributed by atoms with Crippen LogP contribution in [0.4, 0.5) is 0 Å². The SMILES string of the molecule is COc1cc(Cl)[c]c(CN)c1. The van der Waals surface area contributed by atoms with Gasteiger partial charge < -0.3 is 10.5 Å². The van der Waals surface area contributed by atoms with Crippen LogP contribution in [0.1, 0.15) is 5.56 Å². The predicted octanol–water partition coefficient (Wildman–Crippen LogP) is 1.61. The summed E-state index contributed by atoms with van der Waals surface area (Å²) in [6.07, 6.45) is 0. The van der Waals surface area contributed by atoms with Crippen molar-refractivity contribution in [3.05, 3.63) is 28.8 Å². The summed E-state index contributed by atoms with van der Waals surface area (Å²) in [4.78, 5) is 0. The Balaban J connectivity index is 3.02. The van der Waals surface area contributed by atoms with Crippen molar-refractivity contribution in [2.24, 2.45) is 5.73 Å². The van der Waals surface area contributed by atoms with Gasteiger partial charge in [0.2, 0.25) is 0 Å². The van der Waals surface area contributed by atoms with Gasteiger partial charge in [-0.25, -0.2) is 0 Å². The van der Waals surface area contributed by atoms with Crippen LogP contribution in [0.25, 0.3) is 0 Å². The van der Waals surface area contributed by atoms with Crippen molar-refractivity contribution in [3.63, 3.8) is 0 Å². The van der Waals surface area contributed by atoms with Gasteiger partial charge in [-0.15, -0.1) is 0 Å². The normalized spacial score (nSPS) is 9.73. The molecule has 0 spiro atoms. The molecule has 0 unspecified atom stereocenters. The monoisotopic (exact) mass is 170 g/mol. The second-order valence-corrected chi connectivity index (χ2v) is 2.50. The summed E-state index contributed by atoms with van der Waals surface area (Å²) in [5.74, 6) is 0.717. The minimum atomic E-state index is 0.428. The number of hydrogen-bond acceptors (Lipinski definition) is 2. The lowest BCUT2D eigenvalue weighted by atomic mass is 10.2. The molecule has 3 heteroatoms. The van der Waals surface area contributed by atoms with Crippen molar-refractivity contribution in [2.75, 3.05) is 7.11 Å². The summed E-state index contributed by atoms with van der Waals surface area (Å²) < 4.78 is 4.98. The second-order valence-electron chi connectivity index (χ2n) is 2.10. The molecule has 0 aliphatic heterocycles. The zero-order chi connectivity index (χ0) is 8.27. The maximum absolute atomic E-state index is 5.72. The molecule has 0 aromatic heterocycles. The fourth-order valence-electron chi connectivity index (χ4n) is 0.792. The minimum Gasteiger partial charge on any atom is -0.497 e. The Morgan fingerprint density at radius 2 is 2.36 bits per heavy atom. The summed E-state index contributed by atoms with van der Waals surface area (Å²) in [7, 11) is 1.59. The Morgan fingerprint density at radius 1 is 1.64 bits per heavy atom. The largest absolute Gasteiger partial charge is 0.497 e. The van der Waals surface area contributed by atoms with Gasteiger partial charge in [-0.2, -0.15) is 0 Å². The van der Waals surface area contributed by atoms with Gasteiger partial charge in [-0.3, -0.25) is 0 Å². The molecular weight excluding hydrogens is 162 g/mol. The van der Waals surface area contributed by atoms with E-state index in [0.29, 0.717) is 17.3 Å². The zero-order valence-electron chi connectivity index (χ0n) is 6.23. The van der Waals surface area contributed by atoms with Crippen LogP contribution in [0.5, 0.6) is 5.75 Å². The highest BCUT2D eigenvalue weighted by molar-refractivity contribution is 6.30. The summed E-state index contributed by atoms with van der Waals surface area (Å²) >= 11 is 5.72. The number of halogens is 1. The standard InChI is InChI=1S/C8H9ClNO/c1-11-8-3-6(5-10)2-7(9)4-8/h3-4H,5,10H2,1H3. The molecule has 0 saturated carbocycles. The molecule has 1 aromatic carbocycles. The number of nitrogens with two attached hydrogens (primary N) is 1. The van der Waals surface area contributed by atoms with E-state index in [-0.39, 0.29) is 0 Å². The van der Waals surface area contributed by atoms with Crippen LogP contribution >= 0.6 is 11.6 Å². The van der Waals surface area contributed by atoms with Crippen molar-refractivity contribution in [2.45, 2.75) is 6.54 Å². The van der Waals surface area contributed by atoms with Crippen molar-refractivity contribution in [3.8, 4) is 5.75 Å². The van der Waals surface area contributed by atoms with E-state index in [1.165, 1.54) is 0 Å². The molecule has 1 radical (unpaired) electrons. The first-order valence-corrected chi connectivity index (χ1v) is 3.60. The van der Waals surface area contributed by atoms with Crippen molar-refractivity contribution < 1.29 is 4.74 Å². The first-order valence-electron chi connectivity index (χ1n) is 3.22. The van der Waals surface area contributed by atoms with Gasteiger partial charge in [0.05, 0.1) is 12.1 Å². The fourth-order valence-corrected chi connectivity index (χ4v) is 1.02. The topological polar surface area (TPSA) is 35.2 Å². The highest BCUT2D eigenvalue weighted by Crippen LogP contribution is 2.19. The number of benzene rings is 1. The molecule has 2 nitrogen and oxygen atoms in total. The minimum absolute atomic E-state index is 0.428. The van der Waals surface area contributed by atoms with E-state index in [9.17, 15) is 0 Å². The third-order valence-electron chi connectivity index (χ3n) is 1.32. The molecule has 0 heterocycles. The average Bonchev–Trinajstić information content (AvgIpc) is 2.03. The van der Waals surface area contributed by atoms with Crippen LogP contribution in [-0.4, -0.2) is 7.11 Å². The Hall–Kier alpha value is -0.730. The first kappa shape index (κ1) is 8.37. The molecule has 0 amide bonds. The number of methoxy groups -OCH3 is 1.